The second-order valence-corrected chi connectivity index (χ2v) is 5.32. The number of phenols is 2. The van der Waals surface area contributed by atoms with Crippen molar-refractivity contribution in [3.05, 3.63) is 47.8 Å². The fourth-order valence-corrected chi connectivity index (χ4v) is 2.67. The van der Waals surface area contributed by atoms with Gasteiger partial charge in [-0.3, -0.25) is 10.1 Å². The summed E-state index contributed by atoms with van der Waals surface area (Å²) >= 11 is 1.15. The number of thiazole rings is 1. The monoisotopic (exact) mass is 304 g/mol. The fourth-order valence-electron chi connectivity index (χ4n) is 1.79. The molecule has 1 heterocycles. The summed E-state index contributed by atoms with van der Waals surface area (Å²) in [5.74, 6) is -1.53. The van der Waals surface area contributed by atoms with Crippen LogP contribution in [0.15, 0.2) is 36.4 Å². The van der Waals surface area contributed by atoms with Gasteiger partial charge in [-0.25, -0.2) is 9.37 Å². The van der Waals surface area contributed by atoms with E-state index < -0.39 is 5.91 Å². The van der Waals surface area contributed by atoms with Crippen LogP contribution in [0.1, 0.15) is 10.4 Å². The van der Waals surface area contributed by atoms with Crippen LogP contribution in [0.4, 0.5) is 9.52 Å². The maximum absolute atomic E-state index is 13.1. The van der Waals surface area contributed by atoms with Crippen LogP contribution in [0.2, 0.25) is 0 Å². The number of aromatic hydroxyl groups is 2. The molecule has 0 saturated carbocycles. The van der Waals surface area contributed by atoms with E-state index in [9.17, 15) is 19.4 Å². The highest BCUT2D eigenvalue weighted by molar-refractivity contribution is 7.22. The molecule has 2 aromatic carbocycles. The molecule has 0 unspecified atom stereocenters. The second-order valence-electron chi connectivity index (χ2n) is 4.29. The number of anilines is 1. The summed E-state index contributed by atoms with van der Waals surface area (Å²) in [5.41, 5.74) is 0.765. The van der Waals surface area contributed by atoms with Gasteiger partial charge in [0.2, 0.25) is 0 Å². The highest BCUT2D eigenvalue weighted by Crippen LogP contribution is 2.28. The number of rotatable bonds is 2. The molecular formula is C14H9FN2O3S. The number of benzene rings is 2. The van der Waals surface area contributed by atoms with Crippen molar-refractivity contribution in [1.82, 2.24) is 4.98 Å². The zero-order valence-electron chi connectivity index (χ0n) is 10.5. The highest BCUT2D eigenvalue weighted by Gasteiger charge is 2.12. The van der Waals surface area contributed by atoms with Gasteiger partial charge in [-0.05, 0) is 36.4 Å². The number of carbonyl (C=O) groups is 1. The number of aromatic nitrogens is 1. The number of carbonyl (C=O) groups excluding carboxylic acids is 1. The molecule has 5 nitrogen and oxygen atoms in total. The molecule has 0 aliphatic rings. The third-order valence-corrected chi connectivity index (χ3v) is 3.74. The topological polar surface area (TPSA) is 82.5 Å². The van der Waals surface area contributed by atoms with Crippen LogP contribution in [-0.2, 0) is 0 Å². The molecule has 7 heteroatoms. The minimum absolute atomic E-state index is 0.177. The van der Waals surface area contributed by atoms with Crippen LogP contribution in [0, 0.1) is 5.82 Å². The lowest BCUT2D eigenvalue weighted by molar-refractivity contribution is 0.102. The molecule has 106 valence electrons. The number of hydrogen-bond acceptors (Lipinski definition) is 5. The molecular weight excluding hydrogens is 295 g/mol. The van der Waals surface area contributed by atoms with Gasteiger partial charge in [-0.1, -0.05) is 11.3 Å². The molecule has 3 rings (SSSR count). The largest absolute Gasteiger partial charge is 0.504 e. The number of fused-ring (bicyclic) bond motifs is 1. The van der Waals surface area contributed by atoms with E-state index in [0.29, 0.717) is 15.3 Å². The average Bonchev–Trinajstić information content (AvgIpc) is 2.83. The van der Waals surface area contributed by atoms with Crippen LogP contribution >= 0.6 is 11.3 Å². The summed E-state index contributed by atoms with van der Waals surface area (Å²) in [6, 6.07) is 7.91. The molecule has 0 radical (unpaired) electrons. The smallest absolute Gasteiger partial charge is 0.257 e. The first-order chi connectivity index (χ1) is 10.0. The van der Waals surface area contributed by atoms with E-state index in [4.69, 9.17) is 0 Å². The van der Waals surface area contributed by atoms with Gasteiger partial charge >= 0.3 is 0 Å². The summed E-state index contributed by atoms with van der Waals surface area (Å²) in [4.78, 5) is 16.2. The minimum atomic E-state index is -0.482. The van der Waals surface area contributed by atoms with E-state index in [1.807, 2.05) is 0 Å². The Morgan fingerprint density at radius 2 is 1.95 bits per heavy atom. The summed E-state index contributed by atoms with van der Waals surface area (Å²) in [6.45, 7) is 0. The predicted octanol–water partition coefficient (Wildman–Crippen LogP) is 3.10. The first-order valence-electron chi connectivity index (χ1n) is 5.92. The second kappa shape index (κ2) is 5.02. The number of phenolic OH excluding ortho intramolecular Hbond substituents is 2. The molecule has 0 bridgehead atoms. The Bertz CT molecular complexity index is 847. The van der Waals surface area contributed by atoms with Crippen molar-refractivity contribution >= 4 is 32.6 Å². The van der Waals surface area contributed by atoms with E-state index in [1.165, 1.54) is 30.3 Å². The molecule has 1 amide bonds. The Balaban J connectivity index is 1.87. The minimum Gasteiger partial charge on any atom is -0.504 e. The zero-order chi connectivity index (χ0) is 15.0. The van der Waals surface area contributed by atoms with Crippen molar-refractivity contribution in [2.45, 2.75) is 0 Å². The average molecular weight is 304 g/mol. The summed E-state index contributed by atoms with van der Waals surface area (Å²) in [7, 11) is 0. The molecule has 1 aromatic heterocycles. The van der Waals surface area contributed by atoms with E-state index >= 15 is 0 Å². The van der Waals surface area contributed by atoms with Gasteiger partial charge in [-0.2, -0.15) is 0 Å². The van der Waals surface area contributed by atoms with E-state index in [2.05, 4.69) is 10.3 Å². The molecule has 0 aliphatic carbocycles. The van der Waals surface area contributed by atoms with Gasteiger partial charge < -0.3 is 10.2 Å². The Morgan fingerprint density at radius 3 is 2.71 bits per heavy atom. The summed E-state index contributed by atoms with van der Waals surface area (Å²) in [6.07, 6.45) is 0. The van der Waals surface area contributed by atoms with Crippen molar-refractivity contribution in [3.8, 4) is 11.5 Å². The molecule has 0 fully saturated rings. The number of hydrogen-bond donors (Lipinski definition) is 3. The highest BCUT2D eigenvalue weighted by atomic mass is 32.1. The first kappa shape index (κ1) is 13.3. The number of amides is 1. The maximum atomic E-state index is 13.1. The molecule has 3 N–H and O–H groups in total. The van der Waals surface area contributed by atoms with E-state index in [0.717, 1.165) is 17.4 Å². The van der Waals surface area contributed by atoms with Gasteiger partial charge in [0, 0.05) is 5.56 Å². The van der Waals surface area contributed by atoms with Gasteiger partial charge in [0.15, 0.2) is 16.6 Å². The number of nitrogens with zero attached hydrogens (tertiary/aromatic N) is 1. The van der Waals surface area contributed by atoms with Gasteiger partial charge in [0.25, 0.3) is 5.91 Å². The first-order valence-corrected chi connectivity index (χ1v) is 6.74. The molecule has 0 saturated heterocycles. The van der Waals surface area contributed by atoms with Gasteiger partial charge in [-0.15, -0.1) is 0 Å². The van der Waals surface area contributed by atoms with Crippen molar-refractivity contribution < 1.29 is 19.4 Å². The van der Waals surface area contributed by atoms with Crippen LogP contribution in [-0.4, -0.2) is 21.1 Å². The van der Waals surface area contributed by atoms with Crippen LogP contribution < -0.4 is 5.32 Å². The van der Waals surface area contributed by atoms with Gasteiger partial charge in [0.05, 0.1) is 10.2 Å². The normalized spacial score (nSPS) is 10.7. The summed E-state index contributed by atoms with van der Waals surface area (Å²) in [5, 5.41) is 21.5. The lowest BCUT2D eigenvalue weighted by atomic mass is 10.2. The van der Waals surface area contributed by atoms with Crippen molar-refractivity contribution in [2.75, 3.05) is 5.32 Å². The van der Waals surface area contributed by atoms with Crippen LogP contribution in [0.25, 0.3) is 10.2 Å². The van der Waals surface area contributed by atoms with E-state index in [1.54, 1.807) is 0 Å². The number of halogens is 1. The van der Waals surface area contributed by atoms with Crippen molar-refractivity contribution in [1.29, 1.82) is 0 Å². The van der Waals surface area contributed by atoms with Crippen molar-refractivity contribution in [2.24, 2.45) is 0 Å². The zero-order valence-corrected chi connectivity index (χ0v) is 11.3. The van der Waals surface area contributed by atoms with Crippen molar-refractivity contribution in [3.63, 3.8) is 0 Å². The summed E-state index contributed by atoms with van der Waals surface area (Å²) < 4.78 is 13.7. The Labute approximate surface area is 122 Å². The Hall–Kier alpha value is -2.67. The van der Waals surface area contributed by atoms with E-state index in [-0.39, 0.29) is 22.9 Å². The molecule has 0 spiro atoms. The fraction of sp³-hybridized carbons (Fsp3) is 0. The SMILES string of the molecule is O=C(Nc1nc2ccc(F)cc2s1)c1ccc(O)c(O)c1. The standard InChI is InChI=1S/C14H9FN2O3S/c15-8-2-3-9-12(6-8)21-14(16-9)17-13(20)7-1-4-10(18)11(19)5-7/h1-6,18-19H,(H,16,17,20). The molecule has 3 aromatic rings. The quantitative estimate of drug-likeness (QED) is 0.635. The molecule has 0 atom stereocenters. The lowest BCUT2D eigenvalue weighted by Crippen LogP contribution is -2.11. The predicted molar refractivity (Wildman–Crippen MR) is 77.3 cm³/mol. The van der Waals surface area contributed by atoms with Gasteiger partial charge in [0.1, 0.15) is 5.82 Å². The van der Waals surface area contributed by atoms with Crippen LogP contribution in [0.3, 0.4) is 0 Å². The third kappa shape index (κ3) is 2.63. The third-order valence-electron chi connectivity index (χ3n) is 2.81. The van der Waals surface area contributed by atoms with Crippen LogP contribution in [0.5, 0.6) is 11.5 Å². The molecule has 0 aliphatic heterocycles. The Morgan fingerprint density at radius 1 is 1.14 bits per heavy atom. The molecule has 21 heavy (non-hydrogen) atoms. The maximum Gasteiger partial charge on any atom is 0.257 e. The lowest BCUT2D eigenvalue weighted by Gasteiger charge is -2.03. The number of nitrogens with one attached hydrogen (secondary N) is 1. The Kier molecular flexibility index (Phi) is 3.19.